The minimum absolute atomic E-state index is 0.0757. The van der Waals surface area contributed by atoms with Crippen molar-refractivity contribution >= 4 is 33.3 Å². The highest BCUT2D eigenvalue weighted by atomic mass is 19.1. The average Bonchev–Trinajstić information content (AvgIpc) is 2.98. The maximum absolute atomic E-state index is 15.3. The van der Waals surface area contributed by atoms with Gasteiger partial charge in [-0.1, -0.05) is 12.1 Å². The molecule has 42 heavy (non-hydrogen) atoms. The van der Waals surface area contributed by atoms with Crippen LogP contribution in [0.3, 0.4) is 0 Å². The van der Waals surface area contributed by atoms with Crippen LogP contribution < -0.4 is 25.0 Å². The molecule has 0 unspecified atom stereocenters. The standard InChI is InChI=1S/C31H23F2N5O4/c1-16-27(17-4-6-18(32)7-5-17)29(39)28-22(37-16)10-11-34-30(28)38-19-8-9-24(21(33)12-19)42-31-20-13-25(40-2)26(41-3)14-23(20)35-15-36-31/h4-15H,1-3H3,(H,34,38)(H,37,39). The second kappa shape index (κ2) is 10.8. The van der Waals surface area contributed by atoms with Crippen molar-refractivity contribution in [1.29, 1.82) is 0 Å². The second-order valence-corrected chi connectivity index (χ2v) is 9.32. The number of aromatic amines is 1. The van der Waals surface area contributed by atoms with Crippen molar-refractivity contribution < 1.29 is 23.0 Å². The van der Waals surface area contributed by atoms with Crippen LogP contribution in [0.4, 0.5) is 20.3 Å². The van der Waals surface area contributed by atoms with Gasteiger partial charge < -0.3 is 24.5 Å². The normalized spacial score (nSPS) is 11.1. The molecule has 0 bridgehead atoms. The lowest BCUT2D eigenvalue weighted by Gasteiger charge is -2.14. The molecule has 3 heterocycles. The van der Waals surface area contributed by atoms with Gasteiger partial charge in [-0.25, -0.2) is 23.7 Å². The van der Waals surface area contributed by atoms with Crippen molar-refractivity contribution in [2.75, 3.05) is 19.5 Å². The average molecular weight is 568 g/mol. The third kappa shape index (κ3) is 4.81. The summed E-state index contributed by atoms with van der Waals surface area (Å²) in [7, 11) is 3.02. The molecular formula is C31H23F2N5O4. The number of benzene rings is 3. The zero-order valence-corrected chi connectivity index (χ0v) is 22.7. The van der Waals surface area contributed by atoms with Gasteiger partial charge in [0.15, 0.2) is 23.1 Å². The number of methoxy groups -OCH3 is 2. The highest BCUT2D eigenvalue weighted by Crippen LogP contribution is 2.37. The first kappa shape index (κ1) is 26.6. The van der Waals surface area contributed by atoms with E-state index in [1.165, 1.54) is 51.0 Å². The molecule has 0 aliphatic rings. The summed E-state index contributed by atoms with van der Waals surface area (Å²) in [6.07, 6.45) is 2.85. The minimum atomic E-state index is -0.677. The summed E-state index contributed by atoms with van der Waals surface area (Å²) >= 11 is 0. The molecule has 0 aliphatic carbocycles. The predicted molar refractivity (Wildman–Crippen MR) is 155 cm³/mol. The fourth-order valence-electron chi connectivity index (χ4n) is 4.76. The zero-order chi connectivity index (χ0) is 29.4. The molecule has 0 spiro atoms. The van der Waals surface area contributed by atoms with Gasteiger partial charge in [0.2, 0.25) is 11.3 Å². The highest BCUT2D eigenvalue weighted by molar-refractivity contribution is 5.94. The van der Waals surface area contributed by atoms with Crippen LogP contribution in [0.15, 0.2) is 78.0 Å². The summed E-state index contributed by atoms with van der Waals surface area (Å²) in [4.78, 5) is 29.6. The molecule has 0 saturated heterocycles. The molecule has 0 atom stereocenters. The zero-order valence-electron chi connectivity index (χ0n) is 22.7. The molecule has 11 heteroatoms. The van der Waals surface area contributed by atoms with E-state index in [1.807, 2.05) is 0 Å². The fourth-order valence-corrected chi connectivity index (χ4v) is 4.76. The van der Waals surface area contributed by atoms with Crippen LogP contribution in [0, 0.1) is 18.6 Å². The number of hydrogen-bond acceptors (Lipinski definition) is 8. The van der Waals surface area contributed by atoms with E-state index in [4.69, 9.17) is 14.2 Å². The molecule has 2 N–H and O–H groups in total. The molecule has 3 aromatic heterocycles. The van der Waals surface area contributed by atoms with E-state index < -0.39 is 11.6 Å². The number of fused-ring (bicyclic) bond motifs is 2. The number of H-pyrrole nitrogens is 1. The van der Waals surface area contributed by atoms with Crippen LogP contribution in [0.5, 0.6) is 23.1 Å². The molecule has 6 rings (SSSR count). The van der Waals surface area contributed by atoms with Crippen molar-refractivity contribution in [3.63, 3.8) is 0 Å². The van der Waals surface area contributed by atoms with Gasteiger partial charge in [-0.2, -0.15) is 0 Å². The van der Waals surface area contributed by atoms with Crippen LogP contribution in [0.25, 0.3) is 32.9 Å². The topological polar surface area (TPSA) is 111 Å². The van der Waals surface area contributed by atoms with Gasteiger partial charge in [-0.05, 0) is 48.9 Å². The number of pyridine rings is 2. The first-order valence-electron chi connectivity index (χ1n) is 12.7. The Bertz CT molecular complexity index is 2030. The lowest BCUT2D eigenvalue weighted by atomic mass is 10.0. The van der Waals surface area contributed by atoms with Crippen molar-refractivity contribution in [2.24, 2.45) is 0 Å². The molecule has 210 valence electrons. The van der Waals surface area contributed by atoms with E-state index in [2.05, 4.69) is 25.3 Å². The monoisotopic (exact) mass is 567 g/mol. The van der Waals surface area contributed by atoms with Crippen molar-refractivity contribution in [2.45, 2.75) is 6.92 Å². The van der Waals surface area contributed by atoms with E-state index in [9.17, 15) is 9.18 Å². The SMILES string of the molecule is COc1cc2ncnc(Oc3ccc(Nc4nccc5[nH]c(C)c(-c6ccc(F)cc6)c(=O)c45)cc3F)c2cc1OC. The van der Waals surface area contributed by atoms with E-state index in [0.29, 0.717) is 50.4 Å². The number of ether oxygens (including phenoxy) is 3. The number of halogens is 2. The van der Waals surface area contributed by atoms with E-state index in [-0.39, 0.29) is 28.3 Å². The summed E-state index contributed by atoms with van der Waals surface area (Å²) in [5, 5.41) is 3.82. The van der Waals surface area contributed by atoms with E-state index in [0.717, 1.165) is 0 Å². The van der Waals surface area contributed by atoms with Crippen molar-refractivity contribution in [3.8, 4) is 34.3 Å². The van der Waals surface area contributed by atoms with Gasteiger partial charge in [-0.15, -0.1) is 0 Å². The summed E-state index contributed by atoms with van der Waals surface area (Å²) in [5.74, 6) is 0.133. The lowest BCUT2D eigenvalue weighted by Crippen LogP contribution is -2.12. The Morgan fingerprint density at radius 3 is 2.36 bits per heavy atom. The van der Waals surface area contributed by atoms with Gasteiger partial charge in [-0.3, -0.25) is 4.79 Å². The molecule has 6 aromatic rings. The fraction of sp³-hybridized carbons (Fsp3) is 0.0968. The Kier molecular flexibility index (Phi) is 6.83. The third-order valence-corrected chi connectivity index (χ3v) is 6.74. The van der Waals surface area contributed by atoms with Crippen LogP contribution in [0.2, 0.25) is 0 Å². The number of rotatable bonds is 7. The van der Waals surface area contributed by atoms with E-state index >= 15 is 4.39 Å². The quantitative estimate of drug-likeness (QED) is 0.220. The van der Waals surface area contributed by atoms with Crippen LogP contribution >= 0.6 is 0 Å². The van der Waals surface area contributed by atoms with Crippen LogP contribution in [-0.4, -0.2) is 34.2 Å². The van der Waals surface area contributed by atoms with Crippen molar-refractivity contribution in [3.05, 3.63) is 101 Å². The lowest BCUT2D eigenvalue weighted by molar-refractivity contribution is 0.355. The van der Waals surface area contributed by atoms with Gasteiger partial charge in [0, 0.05) is 35.3 Å². The summed E-state index contributed by atoms with van der Waals surface area (Å²) < 4.78 is 45.3. The third-order valence-electron chi connectivity index (χ3n) is 6.74. The van der Waals surface area contributed by atoms with Crippen LogP contribution in [-0.2, 0) is 0 Å². The van der Waals surface area contributed by atoms with Gasteiger partial charge in [0.25, 0.3) is 0 Å². The Hall–Kier alpha value is -5.58. The van der Waals surface area contributed by atoms with Crippen LogP contribution in [0.1, 0.15) is 5.69 Å². The molecule has 0 saturated carbocycles. The number of nitrogens with zero attached hydrogens (tertiary/aromatic N) is 3. The Morgan fingerprint density at radius 1 is 0.857 bits per heavy atom. The molecule has 3 aromatic carbocycles. The smallest absolute Gasteiger partial charge is 0.230 e. The van der Waals surface area contributed by atoms with E-state index in [1.54, 1.807) is 43.3 Å². The minimum Gasteiger partial charge on any atom is -0.493 e. The Morgan fingerprint density at radius 2 is 1.62 bits per heavy atom. The Balaban J connectivity index is 1.34. The Labute approximate surface area is 237 Å². The number of anilines is 2. The number of aryl methyl sites for hydroxylation is 1. The second-order valence-electron chi connectivity index (χ2n) is 9.32. The van der Waals surface area contributed by atoms with Gasteiger partial charge in [0.05, 0.1) is 36.0 Å². The summed E-state index contributed by atoms with van der Waals surface area (Å²) in [6, 6.07) is 15.0. The highest BCUT2D eigenvalue weighted by Gasteiger charge is 2.17. The number of hydrogen-bond donors (Lipinski definition) is 2. The molecule has 0 fully saturated rings. The number of aromatic nitrogens is 4. The molecule has 0 aliphatic heterocycles. The largest absolute Gasteiger partial charge is 0.493 e. The molecule has 0 amide bonds. The maximum atomic E-state index is 15.3. The summed E-state index contributed by atoms with van der Waals surface area (Å²) in [6.45, 7) is 1.77. The molecule has 9 nitrogen and oxygen atoms in total. The molecule has 0 radical (unpaired) electrons. The summed E-state index contributed by atoms with van der Waals surface area (Å²) in [5.41, 5.74) is 2.68. The first-order valence-corrected chi connectivity index (χ1v) is 12.7. The number of nitrogens with one attached hydrogen (secondary N) is 2. The van der Waals surface area contributed by atoms with Crippen molar-refractivity contribution in [1.82, 2.24) is 19.9 Å². The first-order chi connectivity index (χ1) is 20.4. The maximum Gasteiger partial charge on any atom is 0.230 e. The predicted octanol–water partition coefficient (Wildman–Crippen LogP) is 6.67. The van der Waals surface area contributed by atoms with Gasteiger partial charge in [0.1, 0.15) is 18.0 Å². The van der Waals surface area contributed by atoms with Gasteiger partial charge >= 0.3 is 0 Å². The molecular weight excluding hydrogens is 544 g/mol.